The summed E-state index contributed by atoms with van der Waals surface area (Å²) in [5.41, 5.74) is 1.15. The van der Waals surface area contributed by atoms with Gasteiger partial charge in [0.15, 0.2) is 6.61 Å². The zero-order chi connectivity index (χ0) is 19.2. The minimum Gasteiger partial charge on any atom is -0.482 e. The normalized spacial score (nSPS) is 10.6. The summed E-state index contributed by atoms with van der Waals surface area (Å²) in [4.78, 5) is 24.1. The van der Waals surface area contributed by atoms with Crippen molar-refractivity contribution in [3.63, 3.8) is 0 Å². The monoisotopic (exact) mass is 368 g/mol. The van der Waals surface area contributed by atoms with Crippen LogP contribution in [0.2, 0.25) is 0 Å². The number of carbonyl (C=O) groups excluding carboxylic acids is 1. The van der Waals surface area contributed by atoms with E-state index in [1.807, 2.05) is 26.0 Å². The van der Waals surface area contributed by atoms with Crippen molar-refractivity contribution in [2.45, 2.75) is 20.3 Å². The third-order valence-corrected chi connectivity index (χ3v) is 3.79. The Morgan fingerprint density at radius 1 is 1.07 bits per heavy atom. The molecule has 0 aliphatic carbocycles. The lowest BCUT2D eigenvalue weighted by Gasteiger charge is -2.08. The summed E-state index contributed by atoms with van der Waals surface area (Å²) in [5.74, 6) is 0.618. The number of esters is 1. The number of hydrogen-bond donors (Lipinski definition) is 0. The van der Waals surface area contributed by atoms with Gasteiger partial charge in [-0.3, -0.25) is 4.79 Å². The standard InChI is InChI=1S/C21H20O6/c1-3-10-24-20(22)13-25-16-8-9-17-18(11-16)26-12-19(21(17)23)27-15-6-4-14(2)5-7-15/h4-9,11-12H,3,10,13H2,1-2H3. The van der Waals surface area contributed by atoms with Gasteiger partial charge >= 0.3 is 5.97 Å². The summed E-state index contributed by atoms with van der Waals surface area (Å²) in [6, 6.07) is 12.1. The number of hydrogen-bond acceptors (Lipinski definition) is 6. The Morgan fingerprint density at radius 3 is 2.56 bits per heavy atom. The van der Waals surface area contributed by atoms with E-state index in [9.17, 15) is 9.59 Å². The van der Waals surface area contributed by atoms with E-state index in [1.54, 1.807) is 30.3 Å². The maximum atomic E-state index is 12.6. The second-order valence-corrected chi connectivity index (χ2v) is 6.01. The summed E-state index contributed by atoms with van der Waals surface area (Å²) < 4.78 is 21.5. The molecule has 0 aliphatic rings. The fourth-order valence-electron chi connectivity index (χ4n) is 2.38. The highest BCUT2D eigenvalue weighted by atomic mass is 16.6. The molecule has 0 bridgehead atoms. The Hall–Kier alpha value is -3.28. The van der Waals surface area contributed by atoms with Crippen molar-refractivity contribution >= 4 is 16.9 Å². The first-order valence-corrected chi connectivity index (χ1v) is 8.65. The molecule has 3 aromatic rings. The Labute approximate surface area is 156 Å². The fourth-order valence-corrected chi connectivity index (χ4v) is 2.38. The molecule has 6 heteroatoms. The molecule has 0 spiro atoms. The zero-order valence-corrected chi connectivity index (χ0v) is 15.2. The Kier molecular flexibility index (Phi) is 5.76. The number of benzene rings is 2. The third kappa shape index (κ3) is 4.67. The first-order valence-electron chi connectivity index (χ1n) is 8.65. The average Bonchev–Trinajstić information content (AvgIpc) is 2.68. The first kappa shape index (κ1) is 18.5. The van der Waals surface area contributed by atoms with Crippen molar-refractivity contribution in [1.29, 1.82) is 0 Å². The molecule has 3 rings (SSSR count). The van der Waals surface area contributed by atoms with Gasteiger partial charge in [-0.15, -0.1) is 0 Å². The van der Waals surface area contributed by atoms with Crippen LogP contribution in [-0.4, -0.2) is 19.2 Å². The Morgan fingerprint density at radius 2 is 1.81 bits per heavy atom. The van der Waals surface area contributed by atoms with Crippen molar-refractivity contribution in [3.8, 4) is 17.2 Å². The van der Waals surface area contributed by atoms with E-state index in [1.165, 1.54) is 6.26 Å². The second kappa shape index (κ2) is 8.40. The lowest BCUT2D eigenvalue weighted by molar-refractivity contribution is -0.146. The summed E-state index contributed by atoms with van der Waals surface area (Å²) in [6.07, 6.45) is 2.02. The van der Waals surface area contributed by atoms with Crippen molar-refractivity contribution in [3.05, 3.63) is 64.5 Å². The molecule has 2 aromatic carbocycles. The Bertz CT molecular complexity index is 988. The molecule has 0 aliphatic heterocycles. The quantitative estimate of drug-likeness (QED) is 0.581. The van der Waals surface area contributed by atoms with Crippen LogP contribution in [0.5, 0.6) is 17.2 Å². The molecular weight excluding hydrogens is 348 g/mol. The van der Waals surface area contributed by atoms with Gasteiger partial charge in [0.05, 0.1) is 12.0 Å². The maximum absolute atomic E-state index is 12.6. The van der Waals surface area contributed by atoms with Crippen LogP contribution < -0.4 is 14.9 Å². The van der Waals surface area contributed by atoms with Crippen molar-refractivity contribution in [2.24, 2.45) is 0 Å². The van der Waals surface area contributed by atoms with Gasteiger partial charge in [0.1, 0.15) is 23.3 Å². The number of aryl methyl sites for hydroxylation is 1. The topological polar surface area (TPSA) is 75.0 Å². The minimum absolute atomic E-state index is 0.100. The fraction of sp³-hybridized carbons (Fsp3) is 0.238. The third-order valence-electron chi connectivity index (χ3n) is 3.79. The largest absolute Gasteiger partial charge is 0.482 e. The molecule has 0 N–H and O–H groups in total. The first-order chi connectivity index (χ1) is 13.1. The van der Waals surface area contributed by atoms with E-state index in [4.69, 9.17) is 18.6 Å². The van der Waals surface area contributed by atoms with Crippen molar-refractivity contribution in [1.82, 2.24) is 0 Å². The predicted molar refractivity (Wildman–Crippen MR) is 100 cm³/mol. The molecule has 0 radical (unpaired) electrons. The van der Waals surface area contributed by atoms with Crippen LogP contribution in [0.15, 0.2) is 57.9 Å². The molecule has 6 nitrogen and oxygen atoms in total. The predicted octanol–water partition coefficient (Wildman–Crippen LogP) is 4.23. The number of carbonyl (C=O) groups is 1. The van der Waals surface area contributed by atoms with E-state index in [0.29, 0.717) is 29.1 Å². The lowest BCUT2D eigenvalue weighted by Crippen LogP contribution is -2.15. The van der Waals surface area contributed by atoms with Crippen LogP contribution in [-0.2, 0) is 9.53 Å². The lowest BCUT2D eigenvalue weighted by atomic mass is 10.2. The van der Waals surface area contributed by atoms with Crippen LogP contribution in [0.1, 0.15) is 18.9 Å². The molecular formula is C21H20O6. The van der Waals surface area contributed by atoms with Gasteiger partial charge in [-0.25, -0.2) is 4.79 Å². The molecule has 0 fully saturated rings. The molecule has 1 heterocycles. The van der Waals surface area contributed by atoms with Gasteiger partial charge in [0.25, 0.3) is 0 Å². The van der Waals surface area contributed by atoms with E-state index < -0.39 is 5.97 Å². The van der Waals surface area contributed by atoms with Crippen LogP contribution in [0.25, 0.3) is 11.0 Å². The van der Waals surface area contributed by atoms with E-state index in [2.05, 4.69) is 0 Å². The number of ether oxygens (including phenoxy) is 3. The summed E-state index contributed by atoms with van der Waals surface area (Å²) in [5, 5.41) is 0.362. The van der Waals surface area contributed by atoms with Gasteiger partial charge < -0.3 is 18.6 Å². The smallest absolute Gasteiger partial charge is 0.344 e. The van der Waals surface area contributed by atoms with Gasteiger partial charge in [0, 0.05) is 6.07 Å². The van der Waals surface area contributed by atoms with Gasteiger partial charge in [-0.1, -0.05) is 24.6 Å². The van der Waals surface area contributed by atoms with E-state index in [-0.39, 0.29) is 17.8 Å². The molecule has 0 amide bonds. The highest BCUT2D eigenvalue weighted by Gasteiger charge is 2.11. The summed E-state index contributed by atoms with van der Waals surface area (Å²) in [7, 11) is 0. The summed E-state index contributed by atoms with van der Waals surface area (Å²) in [6.45, 7) is 4.04. The average molecular weight is 368 g/mol. The Balaban J connectivity index is 1.76. The number of fused-ring (bicyclic) bond motifs is 1. The second-order valence-electron chi connectivity index (χ2n) is 6.01. The minimum atomic E-state index is -0.444. The van der Waals surface area contributed by atoms with Crippen LogP contribution in [0.4, 0.5) is 0 Å². The van der Waals surface area contributed by atoms with E-state index in [0.717, 1.165) is 12.0 Å². The van der Waals surface area contributed by atoms with Crippen LogP contribution in [0.3, 0.4) is 0 Å². The SMILES string of the molecule is CCCOC(=O)COc1ccc2c(=O)c(Oc3ccc(C)cc3)coc2c1. The highest BCUT2D eigenvalue weighted by Crippen LogP contribution is 2.24. The van der Waals surface area contributed by atoms with E-state index >= 15 is 0 Å². The number of rotatable bonds is 7. The molecule has 140 valence electrons. The molecule has 0 saturated carbocycles. The molecule has 0 atom stereocenters. The molecule has 1 aromatic heterocycles. The van der Waals surface area contributed by atoms with Crippen LogP contribution in [0, 0.1) is 6.92 Å². The maximum Gasteiger partial charge on any atom is 0.344 e. The molecule has 0 unspecified atom stereocenters. The van der Waals surface area contributed by atoms with Crippen LogP contribution >= 0.6 is 0 Å². The van der Waals surface area contributed by atoms with Gasteiger partial charge in [0.2, 0.25) is 11.2 Å². The van der Waals surface area contributed by atoms with Crippen molar-refractivity contribution < 1.29 is 23.4 Å². The highest BCUT2D eigenvalue weighted by molar-refractivity contribution is 5.79. The molecule has 27 heavy (non-hydrogen) atoms. The van der Waals surface area contributed by atoms with Crippen molar-refractivity contribution in [2.75, 3.05) is 13.2 Å². The molecule has 0 saturated heterocycles. The van der Waals surface area contributed by atoms with Gasteiger partial charge in [-0.05, 0) is 37.6 Å². The zero-order valence-electron chi connectivity index (χ0n) is 15.2. The summed E-state index contributed by atoms with van der Waals surface area (Å²) >= 11 is 0. The van der Waals surface area contributed by atoms with Gasteiger partial charge in [-0.2, -0.15) is 0 Å².